The molecule has 3 fully saturated rings. The zero-order valence-electron chi connectivity index (χ0n) is 25.1. The highest BCUT2D eigenvalue weighted by Gasteiger charge is 2.73. The molecule has 1 aromatic rings. The Balaban J connectivity index is 1.48. The van der Waals surface area contributed by atoms with Crippen LogP contribution in [0.2, 0.25) is 0 Å². The van der Waals surface area contributed by atoms with Gasteiger partial charge in [-0.05, 0) is 61.7 Å². The van der Waals surface area contributed by atoms with Crippen LogP contribution in [0.25, 0.3) is 0 Å². The number of carbonyl (C=O) groups excluding carboxylic acids is 4. The Hall–Kier alpha value is -3.26. The Morgan fingerprint density at radius 3 is 2.45 bits per heavy atom. The standard InChI is InChI=1S/C34H42O8/c1-6-40-31(39)42-34(28(37)19-41-29(38)16-22-10-8-7-9-11-22)21(3)15-26-24-14-20(2)25-17-23(35)12-13-32(25,4)30(24)27(36)18-33(26,34)5/h7-13,17,20-21,24,26-27,30,36H,6,14-16,18-19H2,1-5H3/t20-,21+,24-,26-,27?,30+,32-,33-,34-/m0/s1. The summed E-state index contributed by atoms with van der Waals surface area (Å²) in [5.74, 6) is -1.61. The van der Waals surface area contributed by atoms with E-state index in [1.54, 1.807) is 19.1 Å². The molecule has 0 aromatic heterocycles. The fraction of sp³-hybridized carbons (Fsp3) is 0.588. The van der Waals surface area contributed by atoms with Crippen LogP contribution in [0.3, 0.4) is 0 Å². The van der Waals surface area contributed by atoms with Gasteiger partial charge in [0.15, 0.2) is 18.0 Å². The van der Waals surface area contributed by atoms with E-state index in [-0.39, 0.29) is 48.9 Å². The van der Waals surface area contributed by atoms with Crippen LogP contribution in [-0.2, 0) is 35.0 Å². The number of allylic oxidation sites excluding steroid dienone is 4. The second-order valence-electron chi connectivity index (χ2n) is 13.1. The summed E-state index contributed by atoms with van der Waals surface area (Å²) in [7, 11) is 0. The molecule has 8 heteroatoms. The molecule has 0 radical (unpaired) electrons. The van der Waals surface area contributed by atoms with E-state index in [2.05, 4.69) is 13.8 Å². The predicted octanol–water partition coefficient (Wildman–Crippen LogP) is 5.02. The van der Waals surface area contributed by atoms with Crippen LogP contribution in [0.1, 0.15) is 59.4 Å². The second kappa shape index (κ2) is 11.1. The van der Waals surface area contributed by atoms with Crippen molar-refractivity contribution in [1.29, 1.82) is 0 Å². The maximum absolute atomic E-state index is 14.2. The molecule has 1 aromatic carbocycles. The summed E-state index contributed by atoms with van der Waals surface area (Å²) in [6.45, 7) is 9.23. The first-order valence-corrected chi connectivity index (χ1v) is 15.1. The van der Waals surface area contributed by atoms with Crippen molar-refractivity contribution in [3.8, 4) is 0 Å². The van der Waals surface area contributed by atoms with Gasteiger partial charge in [-0.25, -0.2) is 4.79 Å². The van der Waals surface area contributed by atoms with Crippen molar-refractivity contribution in [2.24, 2.45) is 40.4 Å². The highest BCUT2D eigenvalue weighted by Crippen LogP contribution is 2.69. The average Bonchev–Trinajstić information content (AvgIpc) is 3.15. The zero-order chi connectivity index (χ0) is 30.4. The molecule has 5 rings (SSSR count). The van der Waals surface area contributed by atoms with Crippen LogP contribution >= 0.6 is 0 Å². The third-order valence-electron chi connectivity index (χ3n) is 10.8. The molecular weight excluding hydrogens is 536 g/mol. The van der Waals surface area contributed by atoms with Crippen molar-refractivity contribution in [3.05, 3.63) is 59.7 Å². The molecule has 1 N–H and O–H groups in total. The number of fused-ring (bicyclic) bond motifs is 5. The van der Waals surface area contributed by atoms with E-state index in [1.165, 1.54) is 0 Å². The Labute approximate surface area is 247 Å². The summed E-state index contributed by atoms with van der Waals surface area (Å²) in [5, 5.41) is 11.9. The van der Waals surface area contributed by atoms with Gasteiger partial charge in [0.25, 0.3) is 0 Å². The fourth-order valence-electron chi connectivity index (χ4n) is 9.28. The van der Waals surface area contributed by atoms with Gasteiger partial charge in [0.2, 0.25) is 5.78 Å². The summed E-state index contributed by atoms with van der Waals surface area (Å²) in [6, 6.07) is 9.12. The molecular formula is C34H42O8. The lowest BCUT2D eigenvalue weighted by Gasteiger charge is -2.61. The Kier molecular flexibility index (Phi) is 7.98. The summed E-state index contributed by atoms with van der Waals surface area (Å²) in [6.07, 6.45) is 5.06. The van der Waals surface area contributed by atoms with E-state index in [9.17, 15) is 24.3 Å². The summed E-state index contributed by atoms with van der Waals surface area (Å²) in [4.78, 5) is 52.1. The van der Waals surface area contributed by atoms with Gasteiger partial charge >= 0.3 is 12.1 Å². The molecule has 0 heterocycles. The van der Waals surface area contributed by atoms with Crippen LogP contribution in [0, 0.1) is 40.4 Å². The van der Waals surface area contributed by atoms with Crippen molar-refractivity contribution >= 4 is 23.7 Å². The molecule has 0 spiro atoms. The number of hydrogen-bond donors (Lipinski definition) is 1. The van der Waals surface area contributed by atoms with Crippen LogP contribution in [0.5, 0.6) is 0 Å². The predicted molar refractivity (Wildman–Crippen MR) is 154 cm³/mol. The first-order valence-electron chi connectivity index (χ1n) is 15.1. The van der Waals surface area contributed by atoms with Gasteiger partial charge in [0.05, 0.1) is 19.1 Å². The summed E-state index contributed by atoms with van der Waals surface area (Å²) in [5.41, 5.74) is -1.28. The van der Waals surface area contributed by atoms with Crippen LogP contribution < -0.4 is 0 Å². The van der Waals surface area contributed by atoms with E-state index < -0.39 is 53.0 Å². The molecule has 0 bridgehead atoms. The smallest absolute Gasteiger partial charge is 0.457 e. The third kappa shape index (κ3) is 4.72. The van der Waals surface area contributed by atoms with Crippen molar-refractivity contribution < 1.29 is 38.5 Å². The quantitative estimate of drug-likeness (QED) is 0.448. The number of aliphatic hydroxyl groups excluding tert-OH is 1. The van der Waals surface area contributed by atoms with Gasteiger partial charge in [-0.2, -0.15) is 0 Å². The zero-order valence-corrected chi connectivity index (χ0v) is 25.1. The Morgan fingerprint density at radius 2 is 1.76 bits per heavy atom. The molecule has 4 aliphatic carbocycles. The lowest BCUT2D eigenvalue weighted by molar-refractivity contribution is -0.192. The van der Waals surface area contributed by atoms with Crippen molar-refractivity contribution in [2.45, 2.75) is 72.0 Å². The van der Waals surface area contributed by atoms with E-state index in [1.807, 2.05) is 50.3 Å². The van der Waals surface area contributed by atoms with Gasteiger partial charge in [-0.3, -0.25) is 14.4 Å². The molecule has 1 unspecified atom stereocenters. The first-order chi connectivity index (χ1) is 19.9. The Bertz CT molecular complexity index is 1320. The van der Waals surface area contributed by atoms with Crippen LogP contribution in [-0.4, -0.2) is 53.7 Å². The molecule has 0 aliphatic heterocycles. The highest BCUT2D eigenvalue weighted by molar-refractivity contribution is 6.01. The minimum absolute atomic E-state index is 0.0114. The molecule has 0 saturated heterocycles. The van der Waals surface area contributed by atoms with Gasteiger partial charge in [0, 0.05) is 22.7 Å². The van der Waals surface area contributed by atoms with Crippen molar-refractivity contribution in [3.63, 3.8) is 0 Å². The SMILES string of the molecule is CCOC(=O)O[C@]1(C(=O)COC(=O)Cc2ccccc2)[C@H](C)C[C@H]2[C@@H]3C[C@H](C)C4=CC(=O)C=C[C@]4(C)[C@H]3C(O)C[C@@]21C. The lowest BCUT2D eigenvalue weighted by atomic mass is 9.44. The molecule has 0 amide bonds. The number of benzene rings is 1. The van der Waals surface area contributed by atoms with E-state index in [0.29, 0.717) is 6.42 Å². The molecule has 9 atom stereocenters. The minimum Gasteiger partial charge on any atom is -0.457 e. The number of Topliss-reactive ketones (excluding diaryl/α,β-unsaturated/α-hetero) is 1. The normalized spacial score (nSPS) is 38.4. The van der Waals surface area contributed by atoms with E-state index in [0.717, 1.165) is 17.6 Å². The summed E-state index contributed by atoms with van der Waals surface area (Å²) < 4.78 is 16.7. The molecule has 42 heavy (non-hydrogen) atoms. The monoisotopic (exact) mass is 578 g/mol. The maximum atomic E-state index is 14.2. The Morgan fingerprint density at radius 1 is 1.05 bits per heavy atom. The maximum Gasteiger partial charge on any atom is 0.509 e. The average molecular weight is 579 g/mol. The number of hydrogen-bond acceptors (Lipinski definition) is 8. The van der Waals surface area contributed by atoms with E-state index in [4.69, 9.17) is 14.2 Å². The summed E-state index contributed by atoms with van der Waals surface area (Å²) >= 11 is 0. The van der Waals surface area contributed by atoms with Crippen molar-refractivity contribution in [1.82, 2.24) is 0 Å². The largest absolute Gasteiger partial charge is 0.509 e. The number of aliphatic hydroxyl groups is 1. The van der Waals surface area contributed by atoms with Gasteiger partial charge < -0.3 is 19.3 Å². The number of ketones is 2. The second-order valence-corrected chi connectivity index (χ2v) is 13.1. The third-order valence-corrected chi connectivity index (χ3v) is 10.8. The lowest BCUT2D eigenvalue weighted by Crippen LogP contribution is -2.64. The molecule has 8 nitrogen and oxygen atoms in total. The topological polar surface area (TPSA) is 116 Å². The van der Waals surface area contributed by atoms with Gasteiger partial charge in [-0.15, -0.1) is 0 Å². The number of rotatable bonds is 7. The number of esters is 1. The van der Waals surface area contributed by atoms with Gasteiger partial charge in [-0.1, -0.05) is 69.7 Å². The van der Waals surface area contributed by atoms with Crippen LogP contribution in [0.4, 0.5) is 4.79 Å². The molecule has 4 aliphatic rings. The van der Waals surface area contributed by atoms with Crippen LogP contribution in [0.15, 0.2) is 54.1 Å². The fourth-order valence-corrected chi connectivity index (χ4v) is 9.28. The number of ether oxygens (including phenoxy) is 3. The first kappa shape index (κ1) is 30.2. The minimum atomic E-state index is -1.65. The number of carbonyl (C=O) groups is 4. The van der Waals surface area contributed by atoms with E-state index >= 15 is 0 Å². The molecule has 3 saturated carbocycles. The molecule has 226 valence electrons. The highest BCUT2D eigenvalue weighted by atomic mass is 16.7. The van der Waals surface area contributed by atoms with Gasteiger partial charge in [0.1, 0.15) is 0 Å². The van der Waals surface area contributed by atoms with Crippen molar-refractivity contribution in [2.75, 3.05) is 13.2 Å².